The number of ether oxygens (including phenoxy) is 4. The predicted octanol–water partition coefficient (Wildman–Crippen LogP) is 4.84. The van der Waals surface area contributed by atoms with Crippen LogP contribution < -0.4 is 10.2 Å². The molecule has 0 aromatic heterocycles. The maximum absolute atomic E-state index is 14.4. The van der Waals surface area contributed by atoms with Gasteiger partial charge in [0, 0.05) is 32.2 Å². The van der Waals surface area contributed by atoms with Crippen molar-refractivity contribution in [1.82, 2.24) is 9.62 Å². The van der Waals surface area contributed by atoms with Crippen molar-refractivity contribution in [2.45, 2.75) is 95.3 Å². The summed E-state index contributed by atoms with van der Waals surface area (Å²) in [5, 5.41) is 23.8. The molecule has 2 fully saturated rings. The minimum atomic E-state index is -4.30. The Bertz CT molecular complexity index is 1610. The number of aliphatic hydroxyl groups excluding tert-OH is 1. The lowest BCUT2D eigenvalue weighted by Gasteiger charge is -2.35. The van der Waals surface area contributed by atoms with Crippen LogP contribution in [-0.4, -0.2) is 93.5 Å². The van der Waals surface area contributed by atoms with E-state index in [-0.39, 0.29) is 43.4 Å². The van der Waals surface area contributed by atoms with Gasteiger partial charge >= 0.3 is 12.2 Å². The van der Waals surface area contributed by atoms with Crippen LogP contribution in [0.1, 0.15) is 59.4 Å². The molecule has 2 heterocycles. The molecule has 13 nitrogen and oxygen atoms in total. The van der Waals surface area contributed by atoms with Crippen LogP contribution in [-0.2, 0) is 35.4 Å². The molecule has 1 unspecified atom stereocenters. The van der Waals surface area contributed by atoms with Crippen LogP contribution in [0, 0.1) is 22.7 Å². The zero-order chi connectivity index (χ0) is 36.7. The molecular formula is C36H50N4O9S. The van der Waals surface area contributed by atoms with Crippen molar-refractivity contribution in [3.05, 3.63) is 60.2 Å². The summed E-state index contributed by atoms with van der Waals surface area (Å²) in [6.07, 6.45) is -2.21. The van der Waals surface area contributed by atoms with Crippen LogP contribution in [0.3, 0.4) is 0 Å². The van der Waals surface area contributed by atoms with E-state index in [4.69, 9.17) is 18.9 Å². The van der Waals surface area contributed by atoms with Gasteiger partial charge in [-0.15, -0.1) is 0 Å². The van der Waals surface area contributed by atoms with Gasteiger partial charge in [-0.1, -0.05) is 50.2 Å². The first-order chi connectivity index (χ1) is 23.5. The van der Waals surface area contributed by atoms with Gasteiger partial charge in [0.1, 0.15) is 11.7 Å². The molecular weight excluding hydrogens is 664 g/mol. The number of carbonyl (C=O) groups is 2. The number of nitriles is 1. The van der Waals surface area contributed by atoms with E-state index < -0.39 is 57.8 Å². The third-order valence-corrected chi connectivity index (χ3v) is 10.5. The predicted molar refractivity (Wildman–Crippen MR) is 186 cm³/mol. The monoisotopic (exact) mass is 714 g/mol. The van der Waals surface area contributed by atoms with E-state index in [1.807, 2.05) is 44.2 Å². The van der Waals surface area contributed by atoms with E-state index in [0.717, 1.165) is 5.56 Å². The Hall–Kier alpha value is -3.74. The van der Waals surface area contributed by atoms with Crippen molar-refractivity contribution in [2.75, 3.05) is 38.3 Å². The Morgan fingerprint density at radius 1 is 1.10 bits per heavy atom. The summed E-state index contributed by atoms with van der Waals surface area (Å²) in [6.45, 7) is 9.21. The summed E-state index contributed by atoms with van der Waals surface area (Å²) in [7, 11) is -2.81. The van der Waals surface area contributed by atoms with Gasteiger partial charge in [0.05, 0.1) is 42.2 Å². The number of nitrogens with one attached hydrogen (secondary N) is 1. The van der Waals surface area contributed by atoms with Gasteiger partial charge in [-0.05, 0) is 69.2 Å². The molecule has 0 saturated carbocycles. The molecule has 2 aliphatic rings. The van der Waals surface area contributed by atoms with Crippen molar-refractivity contribution < 1.29 is 42.1 Å². The molecule has 2 saturated heterocycles. The fourth-order valence-electron chi connectivity index (χ4n) is 5.99. The lowest BCUT2D eigenvalue weighted by Crippen LogP contribution is -2.52. The van der Waals surface area contributed by atoms with Gasteiger partial charge in [-0.25, -0.2) is 18.0 Å². The summed E-state index contributed by atoms with van der Waals surface area (Å²) in [6, 6.07) is 16.3. The molecule has 2 N–H and O–H groups in total. The highest BCUT2D eigenvalue weighted by molar-refractivity contribution is 7.89. The highest BCUT2D eigenvalue weighted by Gasteiger charge is 2.44. The van der Waals surface area contributed by atoms with Crippen LogP contribution in [0.5, 0.6) is 0 Å². The van der Waals surface area contributed by atoms with E-state index >= 15 is 0 Å². The molecule has 0 bridgehead atoms. The Balaban J connectivity index is 1.61. The van der Waals surface area contributed by atoms with E-state index in [2.05, 4.69) is 11.4 Å². The summed E-state index contributed by atoms with van der Waals surface area (Å²) in [5.74, 6) is -0.0837. The lowest BCUT2D eigenvalue weighted by molar-refractivity contribution is -0.0907. The number of hydrogen-bond acceptors (Lipinski definition) is 10. The zero-order valence-electron chi connectivity index (χ0n) is 29.7. The molecule has 14 heteroatoms. The summed E-state index contributed by atoms with van der Waals surface area (Å²) in [4.78, 5) is 27.2. The highest BCUT2D eigenvalue weighted by atomic mass is 32.2. The average Bonchev–Trinajstić information content (AvgIpc) is 3.67. The van der Waals surface area contributed by atoms with Gasteiger partial charge in [0.25, 0.3) is 0 Å². The molecule has 2 aromatic rings. The lowest BCUT2D eigenvalue weighted by atomic mass is 9.88. The minimum Gasteiger partial charge on any atom is -0.443 e. The standard InChI is InChI=1S/C36H50N4O9S/c1-35(2,3)49-34(43)39(6)26-14-10-15-27(21-26)50(44,45)40(24-36(4,5)17-11-18-37)22-30(41)29(20-25-12-8-7-9-13-25)38-33(42)48-31-23-47-32-28(31)16-19-46-32/h7-10,12-15,21,28-32,41H,11,16-17,19-20,22-24H2,1-6H3,(H,38,42)/t28-,29?,30-,31-,32+/m0/s1. The Kier molecular flexibility index (Phi) is 12.9. The quantitative estimate of drug-likeness (QED) is 0.276. The molecule has 0 spiro atoms. The Labute approximate surface area is 295 Å². The number of amides is 2. The number of rotatable bonds is 14. The number of fused-ring (bicyclic) bond motifs is 1. The SMILES string of the molecule is CN(C(=O)OC(C)(C)C)c1cccc(S(=O)(=O)N(C[C@H](O)C(Cc2ccccc2)NC(=O)O[C@H]2CO[C@H]3OCC[C@H]32)CC(C)(C)CCC#N)c1. The topological polar surface area (TPSA) is 168 Å². The fourth-order valence-corrected chi connectivity index (χ4v) is 7.68. The summed E-state index contributed by atoms with van der Waals surface area (Å²) < 4.78 is 52.3. The van der Waals surface area contributed by atoms with Crippen molar-refractivity contribution >= 4 is 27.9 Å². The van der Waals surface area contributed by atoms with Crippen molar-refractivity contribution in [3.8, 4) is 6.07 Å². The molecule has 4 rings (SSSR count). The fraction of sp³-hybridized carbons (Fsp3) is 0.583. The molecule has 2 amide bonds. The molecule has 2 aromatic carbocycles. The first kappa shape index (κ1) is 39.1. The summed E-state index contributed by atoms with van der Waals surface area (Å²) >= 11 is 0. The number of nitrogens with zero attached hydrogens (tertiary/aromatic N) is 3. The highest BCUT2D eigenvalue weighted by Crippen LogP contribution is 2.33. The maximum atomic E-state index is 14.4. The minimum absolute atomic E-state index is 0.0365. The Morgan fingerprint density at radius 3 is 2.50 bits per heavy atom. The van der Waals surface area contributed by atoms with Gasteiger partial charge in [0.2, 0.25) is 10.0 Å². The number of anilines is 1. The summed E-state index contributed by atoms with van der Waals surface area (Å²) in [5.41, 5.74) is -0.308. The van der Waals surface area contributed by atoms with Crippen LogP contribution in [0.25, 0.3) is 0 Å². The zero-order valence-corrected chi connectivity index (χ0v) is 30.5. The van der Waals surface area contributed by atoms with Gasteiger partial charge in [-0.2, -0.15) is 9.57 Å². The number of alkyl carbamates (subject to hydrolysis) is 1. The number of benzene rings is 2. The number of hydrogen-bond donors (Lipinski definition) is 2. The van der Waals surface area contributed by atoms with Gasteiger partial charge < -0.3 is 29.4 Å². The largest absolute Gasteiger partial charge is 0.443 e. The average molecular weight is 715 g/mol. The van der Waals surface area contributed by atoms with E-state index in [1.165, 1.54) is 34.5 Å². The number of sulfonamides is 1. The first-order valence-electron chi connectivity index (χ1n) is 16.9. The third-order valence-electron chi connectivity index (χ3n) is 8.73. The van der Waals surface area contributed by atoms with E-state index in [0.29, 0.717) is 25.1 Å². The second-order valence-electron chi connectivity index (χ2n) is 14.6. The van der Waals surface area contributed by atoms with Crippen molar-refractivity contribution in [3.63, 3.8) is 0 Å². The maximum Gasteiger partial charge on any atom is 0.414 e. The smallest absolute Gasteiger partial charge is 0.414 e. The molecule has 274 valence electrons. The van der Waals surface area contributed by atoms with Crippen molar-refractivity contribution in [2.24, 2.45) is 11.3 Å². The normalized spacial score (nSPS) is 20.4. The molecule has 0 radical (unpaired) electrons. The number of aliphatic hydroxyl groups is 1. The molecule has 50 heavy (non-hydrogen) atoms. The van der Waals surface area contributed by atoms with Crippen LogP contribution >= 0.6 is 0 Å². The Morgan fingerprint density at radius 2 is 1.82 bits per heavy atom. The first-order valence-corrected chi connectivity index (χ1v) is 18.3. The van der Waals surface area contributed by atoms with Crippen LogP contribution in [0.2, 0.25) is 0 Å². The van der Waals surface area contributed by atoms with Crippen LogP contribution in [0.4, 0.5) is 15.3 Å². The van der Waals surface area contributed by atoms with E-state index in [9.17, 15) is 28.4 Å². The van der Waals surface area contributed by atoms with Crippen molar-refractivity contribution in [1.29, 1.82) is 5.26 Å². The van der Waals surface area contributed by atoms with Gasteiger partial charge in [0.15, 0.2) is 6.29 Å². The number of carbonyl (C=O) groups excluding carboxylic acids is 2. The van der Waals surface area contributed by atoms with Crippen LogP contribution in [0.15, 0.2) is 59.5 Å². The third kappa shape index (κ3) is 10.6. The second-order valence-corrected chi connectivity index (χ2v) is 16.6. The molecule has 2 aliphatic heterocycles. The van der Waals surface area contributed by atoms with Gasteiger partial charge in [-0.3, -0.25) is 4.90 Å². The van der Waals surface area contributed by atoms with E-state index in [1.54, 1.807) is 26.8 Å². The molecule has 5 atom stereocenters. The second kappa shape index (κ2) is 16.5. The molecule has 0 aliphatic carbocycles.